The van der Waals surface area contributed by atoms with Gasteiger partial charge in [-0.1, -0.05) is 15.9 Å². The van der Waals surface area contributed by atoms with Crippen LogP contribution in [0, 0.1) is 6.92 Å². The van der Waals surface area contributed by atoms with Crippen molar-refractivity contribution < 1.29 is 27.2 Å². The Labute approximate surface area is 159 Å². The number of fused-ring (bicyclic) bond motifs is 1. The van der Waals surface area contributed by atoms with E-state index in [1.54, 1.807) is 26.0 Å². The summed E-state index contributed by atoms with van der Waals surface area (Å²) in [5.74, 6) is -1.32. The van der Waals surface area contributed by atoms with Crippen molar-refractivity contribution in [1.82, 2.24) is 5.32 Å². The lowest BCUT2D eigenvalue weighted by molar-refractivity contribution is -0.125. The largest absolute Gasteiger partial charge is 0.450 e. The number of rotatable bonds is 4. The first kappa shape index (κ1) is 18.9. The number of hydrogen-bond acceptors (Lipinski definition) is 6. The normalized spacial score (nSPS) is 21.7. The van der Waals surface area contributed by atoms with Crippen LogP contribution >= 0.6 is 15.9 Å². The van der Waals surface area contributed by atoms with Crippen molar-refractivity contribution in [3.8, 4) is 0 Å². The summed E-state index contributed by atoms with van der Waals surface area (Å²) >= 11 is 3.36. The molecule has 26 heavy (non-hydrogen) atoms. The van der Waals surface area contributed by atoms with Gasteiger partial charge in [0.05, 0.1) is 17.0 Å². The summed E-state index contributed by atoms with van der Waals surface area (Å²) in [5, 5.41) is 3.41. The number of sulfone groups is 1. The van der Waals surface area contributed by atoms with Crippen molar-refractivity contribution in [2.45, 2.75) is 25.8 Å². The highest BCUT2D eigenvalue weighted by atomic mass is 79.9. The molecular weight excluding hydrogens is 426 g/mol. The minimum absolute atomic E-state index is 0.0390. The number of furan rings is 1. The van der Waals surface area contributed by atoms with Crippen LogP contribution < -0.4 is 5.32 Å². The van der Waals surface area contributed by atoms with E-state index in [1.807, 2.05) is 6.07 Å². The Hall–Kier alpha value is -1.87. The zero-order valence-corrected chi connectivity index (χ0v) is 16.7. The molecular formula is C17H18BrNO6S. The van der Waals surface area contributed by atoms with Crippen LogP contribution in [0.25, 0.3) is 11.0 Å². The van der Waals surface area contributed by atoms with E-state index in [2.05, 4.69) is 21.2 Å². The molecule has 7 nitrogen and oxygen atoms in total. The topological polar surface area (TPSA) is 103 Å². The number of amides is 1. The average molecular weight is 444 g/mol. The molecule has 140 valence electrons. The molecule has 0 radical (unpaired) electrons. The molecule has 0 aliphatic carbocycles. The molecule has 2 heterocycles. The molecule has 3 rings (SSSR count). The molecule has 1 unspecified atom stereocenters. The molecule has 1 aromatic heterocycles. The van der Waals surface area contributed by atoms with Crippen LogP contribution in [-0.4, -0.2) is 43.9 Å². The first-order valence-corrected chi connectivity index (χ1v) is 10.6. The van der Waals surface area contributed by atoms with E-state index < -0.39 is 33.9 Å². The van der Waals surface area contributed by atoms with Crippen LogP contribution in [0.4, 0.5) is 0 Å². The Morgan fingerprint density at radius 3 is 2.77 bits per heavy atom. The number of halogens is 1. The summed E-state index contributed by atoms with van der Waals surface area (Å²) < 4.78 is 34.6. The number of benzene rings is 1. The Morgan fingerprint density at radius 2 is 2.12 bits per heavy atom. The second-order valence-corrected chi connectivity index (χ2v) is 9.82. The maximum Gasteiger partial charge on any atom is 0.375 e. The average Bonchev–Trinajstić information content (AvgIpc) is 3.01. The predicted octanol–water partition coefficient (Wildman–Crippen LogP) is 2.35. The Balaban J connectivity index is 1.64. The summed E-state index contributed by atoms with van der Waals surface area (Å²) in [6, 6.07) is 5.36. The Bertz CT molecular complexity index is 996. The molecule has 1 saturated heterocycles. The molecule has 1 aromatic carbocycles. The van der Waals surface area contributed by atoms with Gasteiger partial charge in [-0.05, 0) is 38.5 Å². The maximum absolute atomic E-state index is 12.2. The fraction of sp³-hybridized carbons (Fsp3) is 0.412. The molecule has 1 aliphatic heterocycles. The summed E-state index contributed by atoms with van der Waals surface area (Å²) in [5.41, 5.74) is 0.343. The van der Waals surface area contributed by atoms with Crippen LogP contribution in [0.5, 0.6) is 0 Å². The number of hydrogen-bond donors (Lipinski definition) is 1. The molecule has 1 atom stereocenters. The zero-order valence-electron chi connectivity index (χ0n) is 14.3. The van der Waals surface area contributed by atoms with Crippen LogP contribution in [-0.2, 0) is 19.4 Å². The van der Waals surface area contributed by atoms with Gasteiger partial charge in [0.25, 0.3) is 5.91 Å². The van der Waals surface area contributed by atoms with E-state index >= 15 is 0 Å². The van der Waals surface area contributed by atoms with Crippen molar-refractivity contribution >= 4 is 48.6 Å². The number of nitrogens with one attached hydrogen (secondary N) is 1. The van der Waals surface area contributed by atoms with E-state index in [1.165, 1.54) is 0 Å². The highest BCUT2D eigenvalue weighted by Gasteiger charge is 2.39. The van der Waals surface area contributed by atoms with Gasteiger partial charge < -0.3 is 14.5 Å². The second kappa shape index (κ2) is 6.70. The quantitative estimate of drug-likeness (QED) is 0.727. The first-order chi connectivity index (χ1) is 12.1. The Morgan fingerprint density at radius 1 is 1.38 bits per heavy atom. The minimum Gasteiger partial charge on any atom is -0.450 e. The van der Waals surface area contributed by atoms with E-state index in [0.717, 1.165) is 9.86 Å². The van der Waals surface area contributed by atoms with Gasteiger partial charge in [0.2, 0.25) is 5.76 Å². The molecule has 1 amide bonds. The van der Waals surface area contributed by atoms with Gasteiger partial charge in [-0.3, -0.25) is 4.79 Å². The number of esters is 1. The van der Waals surface area contributed by atoms with E-state index in [-0.39, 0.29) is 17.3 Å². The third-order valence-corrected chi connectivity index (χ3v) is 6.76. The van der Waals surface area contributed by atoms with Crippen molar-refractivity contribution in [2.24, 2.45) is 0 Å². The molecule has 0 bridgehead atoms. The lowest BCUT2D eigenvalue weighted by Crippen LogP contribution is -2.48. The molecule has 0 saturated carbocycles. The van der Waals surface area contributed by atoms with Crippen LogP contribution in [0.15, 0.2) is 27.1 Å². The lowest BCUT2D eigenvalue weighted by Gasteiger charge is -2.23. The number of carbonyl (C=O) groups is 2. The molecule has 9 heteroatoms. The zero-order chi connectivity index (χ0) is 19.1. The standard InChI is InChI=1S/C17H18BrNO6S/c1-10-12-7-11(18)3-4-13(12)25-15(10)16(21)24-8-14(20)19-17(2)5-6-26(22,23)9-17/h3-4,7H,5-6,8-9H2,1-2H3,(H,19,20). The van der Waals surface area contributed by atoms with Crippen LogP contribution in [0.2, 0.25) is 0 Å². The first-order valence-electron chi connectivity index (χ1n) is 7.96. The number of ether oxygens (including phenoxy) is 1. The third kappa shape index (κ3) is 3.93. The van der Waals surface area contributed by atoms with E-state index in [9.17, 15) is 18.0 Å². The molecule has 0 spiro atoms. The van der Waals surface area contributed by atoms with Gasteiger partial charge in [0.15, 0.2) is 16.4 Å². The molecule has 1 fully saturated rings. The SMILES string of the molecule is Cc1c(C(=O)OCC(=O)NC2(C)CCS(=O)(=O)C2)oc2ccc(Br)cc12. The van der Waals surface area contributed by atoms with Crippen LogP contribution in [0.1, 0.15) is 29.5 Å². The van der Waals surface area contributed by atoms with Gasteiger partial charge >= 0.3 is 5.97 Å². The second-order valence-electron chi connectivity index (χ2n) is 6.72. The lowest BCUT2D eigenvalue weighted by atomic mass is 10.0. The molecule has 1 N–H and O–H groups in total. The number of aryl methyl sites for hydroxylation is 1. The van der Waals surface area contributed by atoms with Gasteiger partial charge in [-0.15, -0.1) is 0 Å². The summed E-state index contributed by atoms with van der Waals surface area (Å²) in [7, 11) is -3.14. The van der Waals surface area contributed by atoms with Gasteiger partial charge in [0.1, 0.15) is 5.58 Å². The fourth-order valence-corrected chi connectivity index (χ4v) is 5.52. The van der Waals surface area contributed by atoms with Crippen molar-refractivity contribution in [3.05, 3.63) is 34.0 Å². The summed E-state index contributed by atoms with van der Waals surface area (Å²) in [6.07, 6.45) is 0.340. The summed E-state index contributed by atoms with van der Waals surface area (Å²) in [4.78, 5) is 24.3. The van der Waals surface area contributed by atoms with Gasteiger partial charge in [-0.2, -0.15) is 0 Å². The smallest absolute Gasteiger partial charge is 0.375 e. The van der Waals surface area contributed by atoms with Crippen molar-refractivity contribution in [1.29, 1.82) is 0 Å². The van der Waals surface area contributed by atoms with Gasteiger partial charge in [-0.25, -0.2) is 13.2 Å². The molecule has 1 aliphatic rings. The van der Waals surface area contributed by atoms with Crippen molar-refractivity contribution in [2.75, 3.05) is 18.1 Å². The minimum atomic E-state index is -3.14. The van der Waals surface area contributed by atoms with Gasteiger partial charge in [0, 0.05) is 15.4 Å². The summed E-state index contributed by atoms with van der Waals surface area (Å²) in [6.45, 7) is 2.90. The monoisotopic (exact) mass is 443 g/mol. The van der Waals surface area contributed by atoms with Crippen molar-refractivity contribution in [3.63, 3.8) is 0 Å². The number of carbonyl (C=O) groups excluding carboxylic acids is 2. The highest BCUT2D eigenvalue weighted by Crippen LogP contribution is 2.28. The highest BCUT2D eigenvalue weighted by molar-refractivity contribution is 9.10. The predicted molar refractivity (Wildman–Crippen MR) is 98.8 cm³/mol. The third-order valence-electron chi connectivity index (χ3n) is 4.36. The van der Waals surface area contributed by atoms with E-state index in [4.69, 9.17) is 9.15 Å². The fourth-order valence-electron chi connectivity index (χ4n) is 3.07. The van der Waals surface area contributed by atoms with Crippen LogP contribution in [0.3, 0.4) is 0 Å². The van der Waals surface area contributed by atoms with E-state index in [0.29, 0.717) is 17.6 Å². The Kier molecular flexibility index (Phi) is 4.87. The maximum atomic E-state index is 12.2. The molecule has 2 aromatic rings.